The van der Waals surface area contributed by atoms with Crippen LogP contribution in [0.25, 0.3) is 0 Å². The highest BCUT2D eigenvalue weighted by Gasteiger charge is 2.05. The molecular formula is C14H12FN3OS. The van der Waals surface area contributed by atoms with E-state index in [4.69, 9.17) is 0 Å². The molecule has 0 aliphatic heterocycles. The van der Waals surface area contributed by atoms with Crippen molar-refractivity contribution in [2.45, 2.75) is 4.90 Å². The van der Waals surface area contributed by atoms with Crippen LogP contribution in [0.5, 0.6) is 0 Å². The number of nitrogens with one attached hydrogen (secondary N) is 1. The molecule has 0 saturated heterocycles. The molecule has 0 bridgehead atoms. The number of rotatable bonds is 5. The molecule has 0 spiro atoms. The predicted octanol–water partition coefficient (Wildman–Crippen LogP) is 2.46. The summed E-state index contributed by atoms with van der Waals surface area (Å²) in [6.45, 7) is 0. The van der Waals surface area contributed by atoms with E-state index in [1.165, 1.54) is 12.3 Å². The number of carbonyl (C=O) groups is 1. The average molecular weight is 289 g/mol. The van der Waals surface area contributed by atoms with E-state index in [1.807, 2.05) is 6.07 Å². The lowest BCUT2D eigenvalue weighted by Crippen LogP contribution is -2.19. The summed E-state index contributed by atoms with van der Waals surface area (Å²) in [5.74, 6) is -0.520. The third-order valence-corrected chi connectivity index (χ3v) is 3.33. The van der Waals surface area contributed by atoms with E-state index in [0.29, 0.717) is 4.90 Å². The molecule has 0 radical (unpaired) electrons. The SMILES string of the molecule is O=C(CSc1ccccc1F)N/N=C\c1cccnc1. The minimum atomic E-state index is -0.329. The van der Waals surface area contributed by atoms with Gasteiger partial charge in [0.2, 0.25) is 5.91 Å². The quantitative estimate of drug-likeness (QED) is 0.522. The van der Waals surface area contributed by atoms with Crippen molar-refractivity contribution in [3.8, 4) is 0 Å². The molecular weight excluding hydrogens is 277 g/mol. The third-order valence-electron chi connectivity index (χ3n) is 2.28. The van der Waals surface area contributed by atoms with Crippen LogP contribution in [0.15, 0.2) is 58.8 Å². The van der Waals surface area contributed by atoms with Gasteiger partial charge in [0.25, 0.3) is 0 Å². The van der Waals surface area contributed by atoms with Gasteiger partial charge in [-0.15, -0.1) is 11.8 Å². The van der Waals surface area contributed by atoms with Crippen molar-refractivity contribution in [3.05, 3.63) is 60.2 Å². The van der Waals surface area contributed by atoms with Crippen molar-refractivity contribution in [3.63, 3.8) is 0 Å². The number of hydrogen-bond donors (Lipinski definition) is 1. The summed E-state index contributed by atoms with van der Waals surface area (Å²) >= 11 is 1.13. The minimum Gasteiger partial charge on any atom is -0.272 e. The van der Waals surface area contributed by atoms with Gasteiger partial charge in [-0.25, -0.2) is 9.82 Å². The van der Waals surface area contributed by atoms with Crippen molar-refractivity contribution in [1.29, 1.82) is 0 Å². The largest absolute Gasteiger partial charge is 0.272 e. The Hall–Kier alpha value is -2.21. The van der Waals surface area contributed by atoms with E-state index < -0.39 is 0 Å². The van der Waals surface area contributed by atoms with Gasteiger partial charge in [-0.3, -0.25) is 9.78 Å². The first-order valence-electron chi connectivity index (χ1n) is 5.85. The number of hydrazone groups is 1. The maximum atomic E-state index is 13.3. The van der Waals surface area contributed by atoms with E-state index >= 15 is 0 Å². The highest BCUT2D eigenvalue weighted by molar-refractivity contribution is 8.00. The molecule has 102 valence electrons. The first kappa shape index (κ1) is 14.2. The molecule has 0 fully saturated rings. The van der Waals surface area contributed by atoms with Gasteiger partial charge in [0.05, 0.1) is 12.0 Å². The van der Waals surface area contributed by atoms with E-state index in [0.717, 1.165) is 17.3 Å². The van der Waals surface area contributed by atoms with Crippen LogP contribution in [0, 0.1) is 5.82 Å². The number of carbonyl (C=O) groups excluding carboxylic acids is 1. The number of thioether (sulfide) groups is 1. The van der Waals surface area contributed by atoms with Crippen LogP contribution in [0.2, 0.25) is 0 Å². The van der Waals surface area contributed by atoms with Crippen molar-refractivity contribution in [2.75, 3.05) is 5.75 Å². The first-order valence-corrected chi connectivity index (χ1v) is 6.83. The van der Waals surface area contributed by atoms with Crippen LogP contribution in [0.3, 0.4) is 0 Å². The third kappa shape index (κ3) is 4.47. The van der Waals surface area contributed by atoms with Crippen LogP contribution in [-0.4, -0.2) is 22.9 Å². The van der Waals surface area contributed by atoms with E-state index in [-0.39, 0.29) is 17.5 Å². The maximum absolute atomic E-state index is 13.3. The first-order chi connectivity index (χ1) is 9.75. The Morgan fingerprint density at radius 3 is 2.95 bits per heavy atom. The number of benzene rings is 1. The van der Waals surface area contributed by atoms with Gasteiger partial charge < -0.3 is 0 Å². The molecule has 20 heavy (non-hydrogen) atoms. The van der Waals surface area contributed by atoms with Crippen LogP contribution in [0.4, 0.5) is 4.39 Å². The molecule has 0 aliphatic rings. The summed E-state index contributed by atoms with van der Waals surface area (Å²) in [5.41, 5.74) is 3.17. The summed E-state index contributed by atoms with van der Waals surface area (Å²) in [4.78, 5) is 15.9. The lowest BCUT2D eigenvalue weighted by Gasteiger charge is -2.01. The molecule has 1 N–H and O–H groups in total. The maximum Gasteiger partial charge on any atom is 0.250 e. The number of nitrogens with zero attached hydrogens (tertiary/aromatic N) is 2. The fourth-order valence-electron chi connectivity index (χ4n) is 1.37. The molecule has 2 rings (SSSR count). The standard InChI is InChI=1S/C14H12FN3OS/c15-12-5-1-2-6-13(12)20-10-14(19)18-17-9-11-4-3-7-16-8-11/h1-9H,10H2,(H,18,19)/b17-9-. The van der Waals surface area contributed by atoms with Crippen LogP contribution in [-0.2, 0) is 4.79 Å². The van der Waals surface area contributed by atoms with Crippen LogP contribution in [0.1, 0.15) is 5.56 Å². The fraction of sp³-hybridized carbons (Fsp3) is 0.0714. The molecule has 0 saturated carbocycles. The Balaban J connectivity index is 1.79. The number of aromatic nitrogens is 1. The van der Waals surface area contributed by atoms with Crippen LogP contribution >= 0.6 is 11.8 Å². The van der Waals surface area contributed by atoms with Crippen molar-refractivity contribution in [1.82, 2.24) is 10.4 Å². The topological polar surface area (TPSA) is 54.4 Å². The molecule has 6 heteroatoms. The number of halogens is 1. The summed E-state index contributed by atoms with van der Waals surface area (Å²) in [7, 11) is 0. The molecule has 2 aromatic rings. The lowest BCUT2D eigenvalue weighted by molar-refractivity contribution is -0.118. The van der Waals surface area contributed by atoms with Gasteiger partial charge in [-0.2, -0.15) is 5.10 Å². The summed E-state index contributed by atoms with van der Waals surface area (Å²) < 4.78 is 13.3. The highest BCUT2D eigenvalue weighted by atomic mass is 32.2. The van der Waals surface area contributed by atoms with Gasteiger partial charge in [-0.05, 0) is 18.2 Å². The Morgan fingerprint density at radius 1 is 1.35 bits per heavy atom. The molecule has 0 atom stereocenters. The van der Waals surface area contributed by atoms with Crippen molar-refractivity contribution in [2.24, 2.45) is 5.10 Å². The van der Waals surface area contributed by atoms with Gasteiger partial charge >= 0.3 is 0 Å². The summed E-state index contributed by atoms with van der Waals surface area (Å²) in [6.07, 6.45) is 4.78. The zero-order valence-corrected chi connectivity index (χ0v) is 11.3. The molecule has 4 nitrogen and oxygen atoms in total. The van der Waals surface area contributed by atoms with Gasteiger partial charge in [0.15, 0.2) is 0 Å². The van der Waals surface area contributed by atoms with Gasteiger partial charge in [0, 0.05) is 22.9 Å². The Labute approximate surface area is 120 Å². The lowest BCUT2D eigenvalue weighted by atomic mass is 10.3. The molecule has 0 aliphatic carbocycles. The molecule has 0 unspecified atom stereocenters. The summed E-state index contributed by atoms with van der Waals surface area (Å²) in [6, 6.07) is 9.92. The van der Waals surface area contributed by atoms with Gasteiger partial charge in [0.1, 0.15) is 5.82 Å². The number of pyridine rings is 1. The second kappa shape index (κ2) is 7.40. The minimum absolute atomic E-state index is 0.102. The molecule has 1 amide bonds. The second-order valence-electron chi connectivity index (χ2n) is 3.80. The zero-order chi connectivity index (χ0) is 14.2. The van der Waals surface area contributed by atoms with E-state index in [1.54, 1.807) is 36.7 Å². The number of amides is 1. The molecule has 1 aromatic heterocycles. The van der Waals surface area contributed by atoms with Crippen LogP contribution < -0.4 is 5.43 Å². The summed E-state index contributed by atoms with van der Waals surface area (Å²) in [5, 5.41) is 3.80. The van der Waals surface area contributed by atoms with E-state index in [9.17, 15) is 9.18 Å². The highest BCUT2D eigenvalue weighted by Crippen LogP contribution is 2.20. The Kier molecular flexibility index (Phi) is 5.25. The fourth-order valence-corrected chi connectivity index (χ4v) is 2.10. The van der Waals surface area contributed by atoms with Crippen molar-refractivity contribution < 1.29 is 9.18 Å². The zero-order valence-electron chi connectivity index (χ0n) is 10.5. The molecule has 1 aromatic carbocycles. The monoisotopic (exact) mass is 289 g/mol. The van der Waals surface area contributed by atoms with Gasteiger partial charge in [-0.1, -0.05) is 18.2 Å². The molecule has 1 heterocycles. The number of hydrogen-bond acceptors (Lipinski definition) is 4. The second-order valence-corrected chi connectivity index (χ2v) is 4.82. The van der Waals surface area contributed by atoms with E-state index in [2.05, 4.69) is 15.5 Å². The normalized spacial score (nSPS) is 10.7. The van der Waals surface area contributed by atoms with Crippen molar-refractivity contribution >= 4 is 23.9 Å². The predicted molar refractivity (Wildman–Crippen MR) is 77.1 cm³/mol. The smallest absolute Gasteiger partial charge is 0.250 e. The Bertz CT molecular complexity index is 604. The Morgan fingerprint density at radius 2 is 2.20 bits per heavy atom. The average Bonchev–Trinajstić information content (AvgIpc) is 2.47.